The van der Waals surface area contributed by atoms with Crippen molar-refractivity contribution in [3.8, 4) is 5.75 Å². The van der Waals surface area contributed by atoms with Crippen molar-refractivity contribution >= 4 is 17.4 Å². The summed E-state index contributed by atoms with van der Waals surface area (Å²) in [6.07, 6.45) is 0.257. The molecule has 0 aliphatic carbocycles. The zero-order valence-electron chi connectivity index (χ0n) is 10.6. The van der Waals surface area contributed by atoms with Crippen LogP contribution >= 0.6 is 0 Å². The number of hydrogen-bond acceptors (Lipinski definition) is 4. The average Bonchev–Trinajstić information content (AvgIpc) is 2.93. The molecule has 5 heteroatoms. The fraction of sp³-hybridized carbons (Fsp3) is 0.429. The zero-order chi connectivity index (χ0) is 13.4. The van der Waals surface area contributed by atoms with Gasteiger partial charge in [0.25, 0.3) is 5.91 Å². The van der Waals surface area contributed by atoms with Crippen LogP contribution in [-0.2, 0) is 9.53 Å². The number of carbonyl (C=O) groups is 2. The summed E-state index contributed by atoms with van der Waals surface area (Å²) in [5.74, 6) is 0.401. The molecule has 2 unspecified atom stereocenters. The number of amides is 1. The number of fused-ring (bicyclic) bond motifs is 1. The Labute approximate surface area is 110 Å². The van der Waals surface area contributed by atoms with E-state index in [1.54, 1.807) is 25.1 Å². The maximum atomic E-state index is 12.2. The molecular weight excluding hydrogens is 246 g/mol. The molecule has 1 saturated heterocycles. The van der Waals surface area contributed by atoms with Crippen LogP contribution in [0, 0.1) is 5.92 Å². The molecule has 0 aromatic heterocycles. The SMILES string of the molecule is CC1Oc2ccc(C(=O)C3CCOC3)cc2NC1=O. The van der Waals surface area contributed by atoms with Crippen LogP contribution in [0.25, 0.3) is 0 Å². The van der Waals surface area contributed by atoms with Gasteiger partial charge in [-0.2, -0.15) is 0 Å². The van der Waals surface area contributed by atoms with Crippen molar-refractivity contribution < 1.29 is 19.1 Å². The van der Waals surface area contributed by atoms with Gasteiger partial charge in [0, 0.05) is 18.1 Å². The van der Waals surface area contributed by atoms with Crippen molar-refractivity contribution in [1.82, 2.24) is 0 Å². The molecule has 2 atom stereocenters. The van der Waals surface area contributed by atoms with Crippen molar-refractivity contribution in [3.63, 3.8) is 0 Å². The van der Waals surface area contributed by atoms with Gasteiger partial charge in [-0.1, -0.05) is 0 Å². The topological polar surface area (TPSA) is 64.6 Å². The lowest BCUT2D eigenvalue weighted by molar-refractivity contribution is -0.122. The predicted molar refractivity (Wildman–Crippen MR) is 68.4 cm³/mol. The second-order valence-electron chi connectivity index (χ2n) is 4.89. The van der Waals surface area contributed by atoms with Crippen LogP contribution in [0.4, 0.5) is 5.69 Å². The smallest absolute Gasteiger partial charge is 0.265 e. The molecule has 3 rings (SSSR count). The molecule has 2 aliphatic rings. The molecule has 100 valence electrons. The summed E-state index contributed by atoms with van der Waals surface area (Å²) < 4.78 is 10.7. The first-order chi connectivity index (χ1) is 9.15. The van der Waals surface area contributed by atoms with Crippen molar-refractivity contribution in [1.29, 1.82) is 0 Å². The van der Waals surface area contributed by atoms with Crippen LogP contribution in [0.15, 0.2) is 18.2 Å². The number of anilines is 1. The van der Waals surface area contributed by atoms with Crippen molar-refractivity contribution in [3.05, 3.63) is 23.8 Å². The van der Waals surface area contributed by atoms with Gasteiger partial charge >= 0.3 is 0 Å². The molecule has 0 saturated carbocycles. The third-order valence-corrected chi connectivity index (χ3v) is 3.50. The number of Topliss-reactive ketones (excluding diaryl/α,β-unsaturated/α-hetero) is 1. The standard InChI is InChI=1S/C14H15NO4/c1-8-14(17)15-11-6-9(2-3-12(11)19-8)13(16)10-4-5-18-7-10/h2-3,6,8,10H,4-5,7H2,1H3,(H,15,17). The van der Waals surface area contributed by atoms with Gasteiger partial charge in [0.1, 0.15) is 5.75 Å². The van der Waals surface area contributed by atoms with Gasteiger partial charge in [-0.15, -0.1) is 0 Å². The van der Waals surface area contributed by atoms with Crippen LogP contribution in [0.1, 0.15) is 23.7 Å². The van der Waals surface area contributed by atoms with E-state index in [0.717, 1.165) is 6.42 Å². The van der Waals surface area contributed by atoms with Gasteiger partial charge in [-0.05, 0) is 31.5 Å². The average molecular weight is 261 g/mol. The quantitative estimate of drug-likeness (QED) is 0.822. The second-order valence-corrected chi connectivity index (χ2v) is 4.89. The maximum absolute atomic E-state index is 12.2. The van der Waals surface area contributed by atoms with E-state index in [4.69, 9.17) is 9.47 Å². The Morgan fingerprint density at radius 1 is 1.42 bits per heavy atom. The van der Waals surface area contributed by atoms with Gasteiger partial charge in [0.15, 0.2) is 11.9 Å². The summed E-state index contributed by atoms with van der Waals surface area (Å²) >= 11 is 0. The van der Waals surface area contributed by atoms with Gasteiger partial charge in [-0.25, -0.2) is 0 Å². The Balaban J connectivity index is 1.87. The van der Waals surface area contributed by atoms with Crippen LogP contribution < -0.4 is 10.1 Å². The first kappa shape index (κ1) is 12.2. The Kier molecular flexibility index (Phi) is 2.98. The van der Waals surface area contributed by atoms with E-state index in [0.29, 0.717) is 30.2 Å². The van der Waals surface area contributed by atoms with Crippen LogP contribution in [0.2, 0.25) is 0 Å². The second kappa shape index (κ2) is 4.66. The zero-order valence-corrected chi connectivity index (χ0v) is 10.6. The van der Waals surface area contributed by atoms with Crippen molar-refractivity contribution in [2.45, 2.75) is 19.4 Å². The number of rotatable bonds is 2. The van der Waals surface area contributed by atoms with Crippen LogP contribution in [0.3, 0.4) is 0 Å². The molecule has 2 aliphatic heterocycles. The summed E-state index contributed by atoms with van der Waals surface area (Å²) in [6.45, 7) is 2.81. The first-order valence-corrected chi connectivity index (χ1v) is 6.38. The summed E-state index contributed by atoms with van der Waals surface area (Å²) in [6, 6.07) is 5.15. The van der Waals surface area contributed by atoms with Crippen LogP contribution in [-0.4, -0.2) is 31.0 Å². The monoisotopic (exact) mass is 261 g/mol. The molecule has 2 heterocycles. The minimum absolute atomic E-state index is 0.0631. The number of carbonyl (C=O) groups excluding carboxylic acids is 2. The fourth-order valence-corrected chi connectivity index (χ4v) is 2.34. The van der Waals surface area contributed by atoms with E-state index in [1.165, 1.54) is 0 Å². The summed E-state index contributed by atoms with van der Waals surface area (Å²) in [5.41, 5.74) is 1.15. The van der Waals surface area contributed by atoms with Gasteiger partial charge in [-0.3, -0.25) is 9.59 Å². The lowest BCUT2D eigenvalue weighted by atomic mass is 9.96. The van der Waals surface area contributed by atoms with E-state index in [9.17, 15) is 9.59 Å². The fourth-order valence-electron chi connectivity index (χ4n) is 2.34. The molecule has 1 amide bonds. The Hall–Kier alpha value is -1.88. The Morgan fingerprint density at radius 2 is 2.26 bits per heavy atom. The van der Waals surface area contributed by atoms with E-state index in [1.807, 2.05) is 0 Å². The van der Waals surface area contributed by atoms with E-state index in [2.05, 4.69) is 5.32 Å². The number of hydrogen-bond donors (Lipinski definition) is 1. The highest BCUT2D eigenvalue weighted by atomic mass is 16.5. The highest BCUT2D eigenvalue weighted by molar-refractivity contribution is 6.02. The third kappa shape index (κ3) is 2.21. The van der Waals surface area contributed by atoms with Crippen LogP contribution in [0.5, 0.6) is 5.75 Å². The molecule has 1 fully saturated rings. The Morgan fingerprint density at radius 3 is 3.00 bits per heavy atom. The van der Waals surface area contributed by atoms with Crippen molar-refractivity contribution in [2.75, 3.05) is 18.5 Å². The predicted octanol–water partition coefficient (Wildman–Crippen LogP) is 1.63. The molecule has 0 radical (unpaired) electrons. The summed E-state index contributed by atoms with van der Waals surface area (Å²) in [4.78, 5) is 23.8. The first-order valence-electron chi connectivity index (χ1n) is 6.38. The van der Waals surface area contributed by atoms with Gasteiger partial charge in [0.2, 0.25) is 0 Å². The van der Waals surface area contributed by atoms with Crippen molar-refractivity contribution in [2.24, 2.45) is 5.92 Å². The molecular formula is C14H15NO4. The van der Waals surface area contributed by atoms with Gasteiger partial charge in [0.05, 0.1) is 12.3 Å². The van der Waals surface area contributed by atoms with Gasteiger partial charge < -0.3 is 14.8 Å². The minimum atomic E-state index is -0.503. The lowest BCUT2D eigenvalue weighted by Gasteiger charge is -2.23. The third-order valence-electron chi connectivity index (χ3n) is 3.50. The number of nitrogens with one attached hydrogen (secondary N) is 1. The van der Waals surface area contributed by atoms with E-state index in [-0.39, 0.29) is 17.6 Å². The number of ketones is 1. The number of ether oxygens (including phenoxy) is 2. The molecule has 5 nitrogen and oxygen atoms in total. The summed E-state index contributed by atoms with van der Waals surface area (Å²) in [5, 5.41) is 2.75. The largest absolute Gasteiger partial charge is 0.479 e. The lowest BCUT2D eigenvalue weighted by Crippen LogP contribution is -2.34. The highest BCUT2D eigenvalue weighted by Crippen LogP contribution is 2.31. The molecule has 1 aromatic rings. The molecule has 1 N–H and O–H groups in total. The Bertz CT molecular complexity index is 534. The molecule has 0 spiro atoms. The summed E-state index contributed by atoms with van der Waals surface area (Å²) in [7, 11) is 0. The van der Waals surface area contributed by atoms with E-state index >= 15 is 0 Å². The molecule has 0 bridgehead atoms. The molecule has 19 heavy (non-hydrogen) atoms. The highest BCUT2D eigenvalue weighted by Gasteiger charge is 2.27. The minimum Gasteiger partial charge on any atom is -0.479 e. The van der Waals surface area contributed by atoms with E-state index < -0.39 is 6.10 Å². The maximum Gasteiger partial charge on any atom is 0.265 e. The normalized spacial score (nSPS) is 25.4. The number of benzene rings is 1. The molecule has 1 aromatic carbocycles.